The fourth-order valence-corrected chi connectivity index (χ4v) is 5.00. The van der Waals surface area contributed by atoms with Crippen LogP contribution in [0.15, 0.2) is 41.8 Å². The van der Waals surface area contributed by atoms with Gasteiger partial charge in [-0.05, 0) is 60.7 Å². The van der Waals surface area contributed by atoms with Gasteiger partial charge < -0.3 is 15.5 Å². The maximum Gasteiger partial charge on any atom is 0.251 e. The first-order chi connectivity index (χ1) is 14.5. The highest BCUT2D eigenvalue weighted by Gasteiger charge is 2.21. The van der Waals surface area contributed by atoms with Gasteiger partial charge in [-0.25, -0.2) is 0 Å². The maximum absolute atomic E-state index is 12.5. The highest BCUT2D eigenvalue weighted by atomic mass is 32.1. The van der Waals surface area contributed by atoms with Crippen LogP contribution in [0.5, 0.6) is 0 Å². The Bertz CT molecular complexity index is 812. The van der Waals surface area contributed by atoms with E-state index in [4.69, 9.17) is 0 Å². The number of carbonyl (C=O) groups is 2. The van der Waals surface area contributed by atoms with Gasteiger partial charge in [0.05, 0.1) is 0 Å². The summed E-state index contributed by atoms with van der Waals surface area (Å²) in [7, 11) is 0. The maximum atomic E-state index is 12.5. The monoisotopic (exact) mass is 427 g/mol. The van der Waals surface area contributed by atoms with Crippen molar-refractivity contribution < 1.29 is 9.59 Å². The molecule has 2 atom stereocenters. The molecule has 30 heavy (non-hydrogen) atoms. The van der Waals surface area contributed by atoms with E-state index in [0.29, 0.717) is 24.2 Å². The number of carbonyl (C=O) groups excluding carboxylic acids is 2. The van der Waals surface area contributed by atoms with Gasteiger partial charge in [-0.15, -0.1) is 11.3 Å². The first kappa shape index (κ1) is 22.5. The molecule has 2 aromatic rings. The summed E-state index contributed by atoms with van der Waals surface area (Å²) in [5, 5.41) is 7.98. The van der Waals surface area contributed by atoms with Crippen molar-refractivity contribution >= 4 is 28.8 Å². The lowest BCUT2D eigenvalue weighted by molar-refractivity contribution is -0.116. The number of nitrogens with one attached hydrogen (secondary N) is 2. The van der Waals surface area contributed by atoms with E-state index in [0.717, 1.165) is 44.3 Å². The van der Waals surface area contributed by atoms with E-state index in [2.05, 4.69) is 40.8 Å². The van der Waals surface area contributed by atoms with Crippen LogP contribution in [0.2, 0.25) is 0 Å². The number of anilines is 1. The number of benzene rings is 1. The smallest absolute Gasteiger partial charge is 0.251 e. The molecule has 2 heterocycles. The standard InChI is InChI=1S/C24H33N3O2S/c1-18-14-19(2)17-27(16-18)12-11-25-24(29)20-6-3-7-21(15-20)26-23(28)10-4-8-22-9-5-13-30-22/h3,5-7,9,13,15,18-19H,4,8,10-12,14,16-17H2,1-2H3,(H,25,29)(H,26,28). The Hall–Kier alpha value is -2.18. The number of hydrogen-bond acceptors (Lipinski definition) is 4. The molecule has 1 saturated heterocycles. The lowest BCUT2D eigenvalue weighted by Crippen LogP contribution is -2.42. The second-order valence-electron chi connectivity index (χ2n) is 8.52. The minimum Gasteiger partial charge on any atom is -0.351 e. The molecule has 2 N–H and O–H groups in total. The van der Waals surface area contributed by atoms with Crippen LogP contribution in [0, 0.1) is 11.8 Å². The topological polar surface area (TPSA) is 61.4 Å². The van der Waals surface area contributed by atoms with Crippen LogP contribution in [0.3, 0.4) is 0 Å². The lowest BCUT2D eigenvalue weighted by Gasteiger charge is -2.34. The van der Waals surface area contributed by atoms with Crippen LogP contribution in [-0.2, 0) is 11.2 Å². The van der Waals surface area contributed by atoms with E-state index < -0.39 is 0 Å². The highest BCUT2D eigenvalue weighted by molar-refractivity contribution is 7.09. The van der Waals surface area contributed by atoms with Gasteiger partial charge in [0.1, 0.15) is 0 Å². The first-order valence-electron chi connectivity index (χ1n) is 10.9. The molecule has 1 aromatic carbocycles. The fraction of sp³-hybridized carbons (Fsp3) is 0.500. The molecule has 0 saturated carbocycles. The van der Waals surface area contributed by atoms with Crippen molar-refractivity contribution in [2.75, 3.05) is 31.5 Å². The summed E-state index contributed by atoms with van der Waals surface area (Å²) in [5.74, 6) is 1.32. The lowest BCUT2D eigenvalue weighted by atomic mass is 9.92. The van der Waals surface area contributed by atoms with E-state index >= 15 is 0 Å². The molecule has 0 bridgehead atoms. The number of nitrogens with zero attached hydrogens (tertiary/aromatic N) is 1. The van der Waals surface area contributed by atoms with Gasteiger partial charge in [0.15, 0.2) is 0 Å². The van der Waals surface area contributed by atoms with E-state index in [-0.39, 0.29) is 11.8 Å². The summed E-state index contributed by atoms with van der Waals surface area (Å²) >= 11 is 1.72. The number of piperidine rings is 1. The zero-order valence-corrected chi connectivity index (χ0v) is 18.8. The molecule has 3 rings (SSSR count). The Morgan fingerprint density at radius 3 is 2.67 bits per heavy atom. The molecule has 0 radical (unpaired) electrons. The van der Waals surface area contributed by atoms with Crippen LogP contribution in [0.4, 0.5) is 5.69 Å². The van der Waals surface area contributed by atoms with Crippen LogP contribution < -0.4 is 10.6 Å². The van der Waals surface area contributed by atoms with Crippen molar-refractivity contribution in [3.8, 4) is 0 Å². The molecule has 162 valence electrons. The predicted octanol–water partition coefficient (Wildman–Crippen LogP) is 4.42. The summed E-state index contributed by atoms with van der Waals surface area (Å²) in [6.45, 7) is 8.31. The molecular weight excluding hydrogens is 394 g/mol. The second kappa shape index (κ2) is 11.3. The Kier molecular flexibility index (Phi) is 8.46. The van der Waals surface area contributed by atoms with Crippen molar-refractivity contribution in [2.45, 2.75) is 39.5 Å². The molecule has 1 aliphatic heterocycles. The number of aryl methyl sites for hydroxylation is 1. The Balaban J connectivity index is 1.41. The van der Waals surface area contributed by atoms with Crippen LogP contribution in [0.25, 0.3) is 0 Å². The Labute approximate surface area is 183 Å². The zero-order chi connectivity index (χ0) is 21.3. The van der Waals surface area contributed by atoms with Crippen molar-refractivity contribution in [1.82, 2.24) is 10.2 Å². The van der Waals surface area contributed by atoms with Crippen LogP contribution in [-0.4, -0.2) is 42.9 Å². The molecule has 0 aliphatic carbocycles. The molecule has 1 fully saturated rings. The third-order valence-corrected chi connectivity index (χ3v) is 6.41. The van der Waals surface area contributed by atoms with Crippen molar-refractivity contribution in [1.29, 1.82) is 0 Å². The first-order valence-corrected chi connectivity index (χ1v) is 11.8. The molecule has 2 amide bonds. The van der Waals surface area contributed by atoms with E-state index in [1.54, 1.807) is 23.5 Å². The molecule has 2 unspecified atom stereocenters. The van der Waals surface area contributed by atoms with Gasteiger partial charge in [-0.2, -0.15) is 0 Å². The summed E-state index contributed by atoms with van der Waals surface area (Å²) in [6.07, 6.45) is 3.50. The minimum atomic E-state index is -0.0955. The summed E-state index contributed by atoms with van der Waals surface area (Å²) < 4.78 is 0. The fourth-order valence-electron chi connectivity index (χ4n) is 4.24. The number of amides is 2. The molecule has 1 aliphatic rings. The molecule has 1 aromatic heterocycles. The van der Waals surface area contributed by atoms with E-state index in [9.17, 15) is 9.59 Å². The van der Waals surface area contributed by atoms with Gasteiger partial charge in [-0.3, -0.25) is 9.59 Å². The SMILES string of the molecule is CC1CC(C)CN(CCNC(=O)c2cccc(NC(=O)CCCc3cccs3)c2)C1. The second-order valence-corrected chi connectivity index (χ2v) is 9.56. The number of hydrogen-bond donors (Lipinski definition) is 2. The van der Waals surface area contributed by atoms with Crippen LogP contribution in [0.1, 0.15) is 48.3 Å². The van der Waals surface area contributed by atoms with Gasteiger partial charge in [0.2, 0.25) is 5.91 Å². The quantitative estimate of drug-likeness (QED) is 0.623. The minimum absolute atomic E-state index is 0.0162. The third kappa shape index (κ3) is 7.26. The molecule has 0 spiro atoms. The number of rotatable bonds is 9. The molecule has 6 heteroatoms. The summed E-state index contributed by atoms with van der Waals surface area (Å²) in [5.41, 5.74) is 1.24. The predicted molar refractivity (Wildman–Crippen MR) is 124 cm³/mol. The normalized spacial score (nSPS) is 19.4. The van der Waals surface area contributed by atoms with Crippen molar-refractivity contribution in [3.05, 3.63) is 52.2 Å². The highest BCUT2D eigenvalue weighted by Crippen LogP contribution is 2.20. The molecular formula is C24H33N3O2S. The van der Waals surface area contributed by atoms with Gasteiger partial charge >= 0.3 is 0 Å². The number of thiophene rings is 1. The van der Waals surface area contributed by atoms with Gasteiger partial charge in [0.25, 0.3) is 5.91 Å². The summed E-state index contributed by atoms with van der Waals surface area (Å²) in [6, 6.07) is 11.3. The largest absolute Gasteiger partial charge is 0.351 e. The zero-order valence-electron chi connectivity index (χ0n) is 18.0. The van der Waals surface area contributed by atoms with Gasteiger partial charge in [0, 0.05) is 48.7 Å². The molecule has 5 nitrogen and oxygen atoms in total. The third-order valence-electron chi connectivity index (χ3n) is 5.47. The average Bonchev–Trinajstić information content (AvgIpc) is 3.21. The average molecular weight is 428 g/mol. The summed E-state index contributed by atoms with van der Waals surface area (Å²) in [4.78, 5) is 28.5. The Morgan fingerprint density at radius 2 is 1.93 bits per heavy atom. The van der Waals surface area contributed by atoms with Crippen molar-refractivity contribution in [2.24, 2.45) is 11.8 Å². The Morgan fingerprint density at radius 1 is 1.13 bits per heavy atom. The van der Waals surface area contributed by atoms with Crippen molar-refractivity contribution in [3.63, 3.8) is 0 Å². The van der Waals surface area contributed by atoms with Crippen LogP contribution >= 0.6 is 11.3 Å². The number of likely N-dealkylation sites (tertiary alicyclic amines) is 1. The van der Waals surface area contributed by atoms with E-state index in [1.807, 2.05) is 18.2 Å². The van der Waals surface area contributed by atoms with Gasteiger partial charge in [-0.1, -0.05) is 26.0 Å². The van der Waals surface area contributed by atoms with E-state index in [1.165, 1.54) is 11.3 Å².